The van der Waals surface area contributed by atoms with Gasteiger partial charge in [0.1, 0.15) is 5.75 Å². The fourth-order valence-corrected chi connectivity index (χ4v) is 2.98. The van der Waals surface area contributed by atoms with E-state index in [2.05, 4.69) is 0 Å². The highest BCUT2D eigenvalue weighted by Crippen LogP contribution is 2.26. The maximum atomic E-state index is 12.5. The number of fused-ring (bicyclic) bond motifs is 1. The summed E-state index contributed by atoms with van der Waals surface area (Å²) in [6.45, 7) is 4.55. The molecule has 0 aliphatic carbocycles. The highest BCUT2D eigenvalue weighted by molar-refractivity contribution is 6.22. The molecule has 0 N–H and O–H groups in total. The van der Waals surface area contributed by atoms with Crippen molar-refractivity contribution in [1.29, 1.82) is 0 Å². The lowest BCUT2D eigenvalue weighted by atomic mass is 10.1. The molecule has 1 aliphatic rings. The molecular formula is C21H21NO5. The summed E-state index contributed by atoms with van der Waals surface area (Å²) < 4.78 is 10.4. The van der Waals surface area contributed by atoms with E-state index in [-0.39, 0.29) is 23.6 Å². The number of methoxy groups -OCH3 is 1. The van der Waals surface area contributed by atoms with E-state index in [0.717, 1.165) is 11.1 Å². The average molecular weight is 367 g/mol. The number of carbonyl (C=O) groups is 3. The summed E-state index contributed by atoms with van der Waals surface area (Å²) >= 11 is 0. The third-order valence-corrected chi connectivity index (χ3v) is 4.69. The fourth-order valence-electron chi connectivity index (χ4n) is 2.98. The number of ether oxygens (including phenoxy) is 2. The first-order valence-electron chi connectivity index (χ1n) is 8.71. The lowest BCUT2D eigenvalue weighted by Crippen LogP contribution is -2.31. The van der Waals surface area contributed by atoms with Gasteiger partial charge in [-0.2, -0.15) is 0 Å². The van der Waals surface area contributed by atoms with Crippen LogP contribution < -0.4 is 4.74 Å². The first kappa shape index (κ1) is 18.8. The van der Waals surface area contributed by atoms with Crippen molar-refractivity contribution >= 4 is 17.8 Å². The van der Waals surface area contributed by atoms with Crippen LogP contribution in [0.4, 0.5) is 0 Å². The SMILES string of the molecule is COCCCN1C(=O)c2ccc(C(=O)Oc3cccc(C)c3C)cc2C1=O. The zero-order chi connectivity index (χ0) is 19.6. The Balaban J connectivity index is 1.81. The van der Waals surface area contributed by atoms with Gasteiger partial charge in [-0.25, -0.2) is 4.79 Å². The second-order valence-electron chi connectivity index (χ2n) is 6.46. The predicted octanol–water partition coefficient (Wildman–Crippen LogP) is 3.16. The van der Waals surface area contributed by atoms with Gasteiger partial charge >= 0.3 is 5.97 Å². The summed E-state index contributed by atoms with van der Waals surface area (Å²) in [5.74, 6) is -0.832. The van der Waals surface area contributed by atoms with Crippen molar-refractivity contribution in [3.8, 4) is 5.75 Å². The maximum Gasteiger partial charge on any atom is 0.343 e. The van der Waals surface area contributed by atoms with Gasteiger partial charge in [-0.3, -0.25) is 14.5 Å². The summed E-state index contributed by atoms with van der Waals surface area (Å²) in [6, 6.07) is 9.92. The molecule has 1 heterocycles. The van der Waals surface area contributed by atoms with Gasteiger partial charge in [0, 0.05) is 20.3 Å². The Bertz CT molecular complexity index is 919. The molecule has 6 heteroatoms. The number of nitrogens with zero attached hydrogens (tertiary/aromatic N) is 1. The van der Waals surface area contributed by atoms with Crippen LogP contribution in [-0.2, 0) is 4.74 Å². The Kier molecular flexibility index (Phi) is 5.37. The Hall–Kier alpha value is -2.99. The quantitative estimate of drug-likeness (QED) is 0.339. The van der Waals surface area contributed by atoms with Crippen LogP contribution in [0.2, 0.25) is 0 Å². The molecule has 0 aromatic heterocycles. The van der Waals surface area contributed by atoms with Crippen LogP contribution in [0.3, 0.4) is 0 Å². The van der Waals surface area contributed by atoms with Gasteiger partial charge in [0.15, 0.2) is 0 Å². The number of hydrogen-bond acceptors (Lipinski definition) is 5. The number of imide groups is 1. The smallest absolute Gasteiger partial charge is 0.343 e. The molecule has 27 heavy (non-hydrogen) atoms. The minimum absolute atomic E-state index is 0.229. The molecule has 0 bridgehead atoms. The minimum Gasteiger partial charge on any atom is -0.423 e. The molecule has 2 aromatic carbocycles. The molecule has 0 unspecified atom stereocenters. The number of amides is 2. The molecule has 2 amide bonds. The second-order valence-corrected chi connectivity index (χ2v) is 6.46. The maximum absolute atomic E-state index is 12.5. The van der Waals surface area contributed by atoms with Crippen LogP contribution >= 0.6 is 0 Å². The molecule has 0 saturated heterocycles. The molecule has 1 aliphatic heterocycles. The number of hydrogen-bond donors (Lipinski definition) is 0. The Morgan fingerprint density at radius 3 is 2.52 bits per heavy atom. The van der Waals surface area contributed by atoms with E-state index in [4.69, 9.17) is 9.47 Å². The summed E-state index contributed by atoms with van der Waals surface area (Å²) in [5.41, 5.74) is 2.66. The number of esters is 1. The van der Waals surface area contributed by atoms with Gasteiger partial charge in [0.05, 0.1) is 16.7 Å². The summed E-state index contributed by atoms with van der Waals surface area (Å²) in [4.78, 5) is 38.6. The van der Waals surface area contributed by atoms with Crippen LogP contribution in [0.15, 0.2) is 36.4 Å². The molecule has 0 fully saturated rings. The van der Waals surface area contributed by atoms with Crippen LogP contribution in [0, 0.1) is 13.8 Å². The molecule has 0 atom stereocenters. The van der Waals surface area contributed by atoms with Crippen molar-refractivity contribution in [1.82, 2.24) is 4.90 Å². The van der Waals surface area contributed by atoms with Gasteiger partial charge in [-0.15, -0.1) is 0 Å². The van der Waals surface area contributed by atoms with Gasteiger partial charge < -0.3 is 9.47 Å². The van der Waals surface area contributed by atoms with Crippen molar-refractivity contribution in [3.05, 3.63) is 64.2 Å². The van der Waals surface area contributed by atoms with E-state index in [1.165, 1.54) is 23.1 Å². The predicted molar refractivity (Wildman–Crippen MR) is 99.2 cm³/mol. The van der Waals surface area contributed by atoms with Crippen molar-refractivity contribution in [2.24, 2.45) is 0 Å². The van der Waals surface area contributed by atoms with Gasteiger partial charge in [-0.05, 0) is 55.7 Å². The standard InChI is InChI=1S/C21H21NO5/c1-13-6-4-7-18(14(13)2)27-21(25)15-8-9-16-17(12-15)20(24)22(19(16)23)10-5-11-26-3/h4,6-9,12H,5,10-11H2,1-3H3. The van der Waals surface area contributed by atoms with E-state index >= 15 is 0 Å². The number of rotatable bonds is 6. The van der Waals surface area contributed by atoms with Crippen molar-refractivity contribution in [2.75, 3.05) is 20.3 Å². The highest BCUT2D eigenvalue weighted by atomic mass is 16.5. The third-order valence-electron chi connectivity index (χ3n) is 4.69. The van der Waals surface area contributed by atoms with E-state index in [0.29, 0.717) is 24.3 Å². The van der Waals surface area contributed by atoms with E-state index in [1.807, 2.05) is 26.0 Å². The molecule has 0 saturated carbocycles. The molecular weight excluding hydrogens is 346 g/mol. The summed E-state index contributed by atoms with van der Waals surface area (Å²) in [6.07, 6.45) is 0.559. The van der Waals surface area contributed by atoms with Crippen LogP contribution in [-0.4, -0.2) is 42.9 Å². The molecule has 3 rings (SSSR count). The Morgan fingerprint density at radius 1 is 1.04 bits per heavy atom. The lowest BCUT2D eigenvalue weighted by molar-refractivity contribution is 0.0638. The molecule has 6 nitrogen and oxygen atoms in total. The normalized spacial score (nSPS) is 13.1. The van der Waals surface area contributed by atoms with Gasteiger partial charge in [0.2, 0.25) is 0 Å². The van der Waals surface area contributed by atoms with Crippen LogP contribution in [0.25, 0.3) is 0 Å². The average Bonchev–Trinajstić information content (AvgIpc) is 2.90. The van der Waals surface area contributed by atoms with Gasteiger partial charge in [-0.1, -0.05) is 12.1 Å². The van der Waals surface area contributed by atoms with Crippen LogP contribution in [0.5, 0.6) is 5.75 Å². The summed E-state index contributed by atoms with van der Waals surface area (Å²) in [7, 11) is 1.57. The van der Waals surface area contributed by atoms with Gasteiger partial charge in [0.25, 0.3) is 11.8 Å². The highest BCUT2D eigenvalue weighted by Gasteiger charge is 2.35. The Labute approximate surface area is 157 Å². The van der Waals surface area contributed by atoms with Crippen LogP contribution in [0.1, 0.15) is 48.6 Å². The van der Waals surface area contributed by atoms with E-state index in [9.17, 15) is 14.4 Å². The molecule has 0 radical (unpaired) electrons. The molecule has 140 valence electrons. The zero-order valence-electron chi connectivity index (χ0n) is 15.6. The zero-order valence-corrected chi connectivity index (χ0v) is 15.6. The van der Waals surface area contributed by atoms with Crippen molar-refractivity contribution < 1.29 is 23.9 Å². The van der Waals surface area contributed by atoms with E-state index in [1.54, 1.807) is 13.2 Å². The largest absolute Gasteiger partial charge is 0.423 e. The monoisotopic (exact) mass is 367 g/mol. The first-order valence-corrected chi connectivity index (χ1v) is 8.71. The molecule has 2 aromatic rings. The summed E-state index contributed by atoms with van der Waals surface area (Å²) in [5, 5.41) is 0. The van der Waals surface area contributed by atoms with Crippen molar-refractivity contribution in [2.45, 2.75) is 20.3 Å². The topological polar surface area (TPSA) is 72.9 Å². The number of carbonyl (C=O) groups excluding carboxylic acids is 3. The third kappa shape index (κ3) is 3.61. The number of benzene rings is 2. The first-order chi connectivity index (χ1) is 12.9. The van der Waals surface area contributed by atoms with Crippen molar-refractivity contribution in [3.63, 3.8) is 0 Å². The minimum atomic E-state index is -0.565. The number of aryl methyl sites for hydroxylation is 1. The fraction of sp³-hybridized carbons (Fsp3) is 0.286. The second kappa shape index (κ2) is 7.72. The lowest BCUT2D eigenvalue weighted by Gasteiger charge is -2.12. The van der Waals surface area contributed by atoms with E-state index < -0.39 is 11.9 Å². The molecule has 0 spiro atoms. The Morgan fingerprint density at radius 2 is 1.78 bits per heavy atom.